The topological polar surface area (TPSA) is 4.93 Å². The average molecular weight is 460 g/mol. The SMILES string of the molecule is Cc1ccc2c(c3c(n2C)-c2ccccc2C3)[c]1[Zr+2][C]1=CC=CC1.[Cl-].[Cl-]. The minimum absolute atomic E-state index is 0. The van der Waals surface area contributed by atoms with E-state index in [1.165, 1.54) is 34.3 Å². The molecule has 2 aliphatic carbocycles. The predicted molar refractivity (Wildman–Crippen MR) is 97.4 cm³/mol. The molecule has 26 heavy (non-hydrogen) atoms. The molecular formula is C22H19Cl2NZr. The van der Waals surface area contributed by atoms with Gasteiger partial charge in [0.15, 0.2) is 0 Å². The van der Waals surface area contributed by atoms with Gasteiger partial charge in [0.2, 0.25) is 0 Å². The van der Waals surface area contributed by atoms with Crippen LogP contribution in [0.2, 0.25) is 0 Å². The van der Waals surface area contributed by atoms with E-state index in [9.17, 15) is 0 Å². The first-order chi connectivity index (χ1) is 11.7. The van der Waals surface area contributed by atoms with Gasteiger partial charge in [-0.05, 0) is 0 Å². The van der Waals surface area contributed by atoms with Crippen LogP contribution in [0.1, 0.15) is 23.1 Å². The number of aryl methyl sites for hydroxylation is 2. The Morgan fingerprint density at radius 2 is 1.85 bits per heavy atom. The third-order valence-electron chi connectivity index (χ3n) is 5.37. The zero-order chi connectivity index (χ0) is 16.3. The molecule has 4 heteroatoms. The minimum Gasteiger partial charge on any atom is -1.00 e. The van der Waals surface area contributed by atoms with Crippen molar-refractivity contribution in [2.45, 2.75) is 19.8 Å². The zero-order valence-electron chi connectivity index (χ0n) is 14.8. The molecule has 1 aromatic heterocycles. The largest absolute Gasteiger partial charge is 1.00 e. The summed E-state index contributed by atoms with van der Waals surface area (Å²) < 4.78 is 5.82. The van der Waals surface area contributed by atoms with Crippen LogP contribution in [0.4, 0.5) is 0 Å². The third kappa shape index (κ3) is 2.87. The van der Waals surface area contributed by atoms with Crippen LogP contribution in [0, 0.1) is 6.92 Å². The third-order valence-corrected chi connectivity index (χ3v) is 9.27. The van der Waals surface area contributed by atoms with Gasteiger partial charge in [-0.3, -0.25) is 0 Å². The van der Waals surface area contributed by atoms with Crippen LogP contribution in [0.25, 0.3) is 22.2 Å². The molecule has 2 aromatic carbocycles. The standard InChI is InChI=1S/C17H14N.C5H5.2ClH.Zr/c1-11-7-8-16-14(9-11)15-10-12-5-3-4-6-13(12)17(15)18(16)2;1-2-4-5-3-1;;;/h3-8H,10H2,1-2H3;1-3H,4H2;2*1H;/q;;;;+2/p-2. The minimum atomic E-state index is -0.719. The van der Waals surface area contributed by atoms with Crippen molar-refractivity contribution in [2.75, 3.05) is 0 Å². The van der Waals surface area contributed by atoms with E-state index in [0.29, 0.717) is 0 Å². The number of rotatable bonds is 2. The van der Waals surface area contributed by atoms with Gasteiger partial charge in [0.1, 0.15) is 0 Å². The van der Waals surface area contributed by atoms with E-state index in [1.54, 1.807) is 17.5 Å². The second-order valence-electron chi connectivity index (χ2n) is 6.82. The number of allylic oxidation sites excluding steroid dienone is 4. The fourth-order valence-corrected chi connectivity index (χ4v) is 7.65. The van der Waals surface area contributed by atoms with Crippen LogP contribution in [-0.4, -0.2) is 4.57 Å². The number of hydrogen-bond acceptors (Lipinski definition) is 0. The maximum absolute atomic E-state index is 2.43. The second kappa shape index (κ2) is 7.51. The molecule has 0 N–H and O–H groups in total. The summed E-state index contributed by atoms with van der Waals surface area (Å²) in [5, 5.41) is 1.57. The number of nitrogens with zero attached hydrogens (tertiary/aromatic N) is 1. The molecule has 1 nitrogen and oxygen atoms in total. The molecule has 0 radical (unpaired) electrons. The molecule has 2 aliphatic rings. The van der Waals surface area contributed by atoms with Gasteiger partial charge in [-0.25, -0.2) is 0 Å². The van der Waals surface area contributed by atoms with Crippen LogP contribution in [0.3, 0.4) is 0 Å². The van der Waals surface area contributed by atoms with Crippen molar-refractivity contribution >= 4 is 14.2 Å². The van der Waals surface area contributed by atoms with Crippen molar-refractivity contribution in [3.05, 3.63) is 74.6 Å². The summed E-state index contributed by atoms with van der Waals surface area (Å²) in [7, 11) is 2.24. The number of benzene rings is 2. The number of halogens is 2. The molecule has 0 aliphatic heterocycles. The summed E-state index contributed by atoms with van der Waals surface area (Å²) >= 11 is -0.719. The number of hydrogen-bond donors (Lipinski definition) is 0. The van der Waals surface area contributed by atoms with Crippen molar-refractivity contribution in [2.24, 2.45) is 7.05 Å². The van der Waals surface area contributed by atoms with Crippen LogP contribution in [0.5, 0.6) is 0 Å². The molecule has 0 saturated carbocycles. The monoisotopic (exact) mass is 457 g/mol. The van der Waals surface area contributed by atoms with E-state index in [1.807, 2.05) is 0 Å². The van der Waals surface area contributed by atoms with Gasteiger partial charge in [-0.1, -0.05) is 0 Å². The molecule has 0 amide bonds. The summed E-state index contributed by atoms with van der Waals surface area (Å²) in [6, 6.07) is 13.6. The molecule has 0 fully saturated rings. The van der Waals surface area contributed by atoms with Crippen LogP contribution in [-0.2, 0) is 36.7 Å². The van der Waals surface area contributed by atoms with E-state index in [2.05, 4.69) is 73.2 Å². The van der Waals surface area contributed by atoms with Crippen molar-refractivity contribution in [1.29, 1.82) is 0 Å². The summed E-state index contributed by atoms with van der Waals surface area (Å²) in [6.45, 7) is 2.31. The first kappa shape index (κ1) is 19.7. The molecule has 3 aromatic rings. The fourth-order valence-electron chi connectivity index (χ4n) is 4.19. The molecule has 0 spiro atoms. The summed E-state index contributed by atoms with van der Waals surface area (Å²) in [5.41, 5.74) is 8.85. The van der Waals surface area contributed by atoms with E-state index in [4.69, 9.17) is 0 Å². The first-order valence-corrected chi connectivity index (χ1v) is 11.0. The van der Waals surface area contributed by atoms with Gasteiger partial charge < -0.3 is 24.8 Å². The molecule has 0 unspecified atom stereocenters. The van der Waals surface area contributed by atoms with Crippen molar-refractivity contribution in [3.63, 3.8) is 0 Å². The Hall–Kier alpha value is -1.08. The molecule has 5 rings (SSSR count). The molecule has 1 heterocycles. The van der Waals surface area contributed by atoms with Crippen LogP contribution < -0.4 is 28.1 Å². The van der Waals surface area contributed by atoms with E-state index < -0.39 is 23.2 Å². The Bertz CT molecular complexity index is 1060. The van der Waals surface area contributed by atoms with E-state index in [-0.39, 0.29) is 24.8 Å². The Balaban J connectivity index is 0.000000980. The second-order valence-corrected chi connectivity index (χ2v) is 10.2. The Morgan fingerprint density at radius 3 is 2.62 bits per heavy atom. The van der Waals surface area contributed by atoms with Crippen molar-refractivity contribution in [3.8, 4) is 11.3 Å². The average Bonchev–Trinajstić information content (AvgIpc) is 3.27. The Morgan fingerprint density at radius 1 is 1.04 bits per heavy atom. The molecule has 0 saturated heterocycles. The van der Waals surface area contributed by atoms with Gasteiger partial charge in [0.25, 0.3) is 0 Å². The molecule has 130 valence electrons. The van der Waals surface area contributed by atoms with Gasteiger partial charge in [0, 0.05) is 0 Å². The predicted octanol–water partition coefficient (Wildman–Crippen LogP) is -1.38. The number of aromatic nitrogens is 1. The van der Waals surface area contributed by atoms with Crippen LogP contribution >= 0.6 is 0 Å². The van der Waals surface area contributed by atoms with Crippen LogP contribution in [0.15, 0.2) is 57.9 Å². The zero-order valence-corrected chi connectivity index (χ0v) is 18.8. The first-order valence-electron chi connectivity index (χ1n) is 8.56. The summed E-state index contributed by atoms with van der Waals surface area (Å²) in [5.74, 6) is 0. The normalized spacial score (nSPS) is 13.5. The van der Waals surface area contributed by atoms with Crippen molar-refractivity contribution < 1.29 is 48.0 Å². The van der Waals surface area contributed by atoms with Gasteiger partial charge in [-0.2, -0.15) is 0 Å². The Labute approximate surface area is 178 Å². The summed E-state index contributed by atoms with van der Waals surface area (Å²) in [6.07, 6.45) is 9.17. The van der Waals surface area contributed by atoms with Gasteiger partial charge >= 0.3 is 155 Å². The van der Waals surface area contributed by atoms with Crippen molar-refractivity contribution in [1.82, 2.24) is 4.57 Å². The van der Waals surface area contributed by atoms with E-state index in [0.717, 1.165) is 6.42 Å². The van der Waals surface area contributed by atoms with Gasteiger partial charge in [0.05, 0.1) is 0 Å². The van der Waals surface area contributed by atoms with Gasteiger partial charge in [-0.15, -0.1) is 0 Å². The smallest absolute Gasteiger partial charge is 1.00 e. The maximum atomic E-state index is 2.43. The fraction of sp³-hybridized carbons (Fsp3) is 0.182. The van der Waals surface area contributed by atoms with E-state index >= 15 is 0 Å². The summed E-state index contributed by atoms with van der Waals surface area (Å²) in [4.78, 5) is 0. The molecule has 0 bridgehead atoms. The maximum Gasteiger partial charge on any atom is -1.00 e. The molecule has 0 atom stereocenters. The Kier molecular flexibility index (Phi) is 5.68. The quantitative estimate of drug-likeness (QED) is 0.348. The molecular weight excluding hydrogens is 440 g/mol. The number of fused-ring (bicyclic) bond motifs is 5.